The van der Waals surface area contributed by atoms with E-state index in [4.69, 9.17) is 31.6 Å². The summed E-state index contributed by atoms with van der Waals surface area (Å²) in [7, 11) is 2.41. The first-order valence-electron chi connectivity index (χ1n) is 4.38. The van der Waals surface area contributed by atoms with Crippen molar-refractivity contribution in [2.45, 2.75) is 12.1 Å². The van der Waals surface area contributed by atoms with Crippen molar-refractivity contribution < 1.29 is 29.7 Å². The molecule has 11 heteroatoms. The van der Waals surface area contributed by atoms with E-state index in [0.717, 1.165) is 0 Å². The average molecular weight is 301 g/mol. The molecule has 0 aliphatic rings. The number of carbonyl (C=O) groups is 3. The molecule has 0 spiro atoms. The van der Waals surface area contributed by atoms with Crippen LogP contribution < -0.4 is 17.2 Å². The van der Waals surface area contributed by atoms with E-state index < -0.39 is 30.1 Å². The SMILES string of the molecule is NC(=O)O.NC(CSSCC(N)C(=O)O)C(=O)O. The van der Waals surface area contributed by atoms with Crippen LogP contribution in [0.2, 0.25) is 0 Å². The van der Waals surface area contributed by atoms with E-state index in [1.54, 1.807) is 0 Å². The largest absolute Gasteiger partial charge is 0.480 e. The Morgan fingerprint density at radius 2 is 1.11 bits per heavy atom. The number of rotatable bonds is 7. The fraction of sp³-hybridized carbons (Fsp3) is 0.571. The van der Waals surface area contributed by atoms with Gasteiger partial charge in [0.05, 0.1) is 0 Å². The number of primary amides is 1. The Balaban J connectivity index is 0. The minimum atomic E-state index is -1.33. The van der Waals surface area contributed by atoms with Gasteiger partial charge in [-0.25, -0.2) is 4.79 Å². The Hall–Kier alpha value is -1.17. The van der Waals surface area contributed by atoms with Crippen molar-refractivity contribution in [1.29, 1.82) is 0 Å². The van der Waals surface area contributed by atoms with Gasteiger partial charge in [-0.05, 0) is 0 Å². The lowest BCUT2D eigenvalue weighted by Crippen LogP contribution is -2.33. The summed E-state index contributed by atoms with van der Waals surface area (Å²) in [6.07, 6.45) is -1.33. The fourth-order valence-electron chi connectivity index (χ4n) is 0.385. The first kappa shape index (κ1) is 19.2. The van der Waals surface area contributed by atoms with Crippen LogP contribution in [0.3, 0.4) is 0 Å². The summed E-state index contributed by atoms with van der Waals surface area (Å²) in [5.74, 6) is -1.68. The molecule has 0 saturated carbocycles. The number of nitrogens with two attached hydrogens (primary N) is 3. The van der Waals surface area contributed by atoms with Gasteiger partial charge in [0, 0.05) is 11.5 Å². The molecule has 2 unspecified atom stereocenters. The van der Waals surface area contributed by atoms with Crippen LogP contribution in [0.1, 0.15) is 0 Å². The molecule has 0 radical (unpaired) electrons. The topological polar surface area (TPSA) is 190 Å². The number of hydrogen-bond acceptors (Lipinski definition) is 7. The minimum Gasteiger partial charge on any atom is -0.480 e. The van der Waals surface area contributed by atoms with Gasteiger partial charge in [-0.3, -0.25) is 9.59 Å². The van der Waals surface area contributed by atoms with E-state index in [1.165, 1.54) is 21.6 Å². The monoisotopic (exact) mass is 301 g/mol. The third-order valence-electron chi connectivity index (χ3n) is 1.21. The zero-order valence-corrected chi connectivity index (χ0v) is 10.8. The lowest BCUT2D eigenvalue weighted by atomic mass is 10.4. The van der Waals surface area contributed by atoms with Gasteiger partial charge in [-0.2, -0.15) is 0 Å². The summed E-state index contributed by atoms with van der Waals surface area (Å²) in [4.78, 5) is 29.3. The fourth-order valence-corrected chi connectivity index (χ4v) is 2.61. The number of carboxylic acid groups (broad SMARTS) is 3. The van der Waals surface area contributed by atoms with Gasteiger partial charge in [0.25, 0.3) is 0 Å². The molecule has 0 aromatic heterocycles. The van der Waals surface area contributed by atoms with Gasteiger partial charge in [-0.15, -0.1) is 0 Å². The summed E-state index contributed by atoms with van der Waals surface area (Å²) in [5, 5.41) is 24.0. The Morgan fingerprint density at radius 1 is 0.889 bits per heavy atom. The average Bonchev–Trinajstić information content (AvgIpc) is 2.22. The van der Waals surface area contributed by atoms with E-state index in [2.05, 4.69) is 5.73 Å². The summed E-state index contributed by atoms with van der Waals surface area (Å²) in [6, 6.07) is -1.85. The predicted molar refractivity (Wildman–Crippen MR) is 68.4 cm³/mol. The molecule has 0 aliphatic heterocycles. The second-order valence-electron chi connectivity index (χ2n) is 2.80. The third-order valence-corrected chi connectivity index (χ3v) is 3.69. The molecule has 0 aromatic carbocycles. The number of amides is 1. The Labute approximate surface area is 110 Å². The third kappa shape index (κ3) is 14.8. The number of aliphatic carboxylic acids is 2. The molecule has 0 heterocycles. The standard InChI is InChI=1S/C6H12N2O4S2.CH3NO2/c7-3(5(9)10)1-13-14-2-4(8)6(11)12;2-1(3)4/h3-4H,1-2,7-8H2,(H,9,10)(H,11,12);2H2,(H,3,4). The van der Waals surface area contributed by atoms with Crippen LogP contribution in [0, 0.1) is 0 Å². The molecular weight excluding hydrogens is 286 g/mol. The highest BCUT2D eigenvalue weighted by Crippen LogP contribution is 2.22. The molecule has 0 aliphatic carbocycles. The number of carboxylic acids is 2. The van der Waals surface area contributed by atoms with Gasteiger partial charge in [0.2, 0.25) is 0 Å². The van der Waals surface area contributed by atoms with Crippen LogP contribution in [0.25, 0.3) is 0 Å². The van der Waals surface area contributed by atoms with Crippen molar-refractivity contribution in [2.75, 3.05) is 11.5 Å². The van der Waals surface area contributed by atoms with Crippen LogP contribution in [0.4, 0.5) is 4.79 Å². The van der Waals surface area contributed by atoms with Crippen molar-refractivity contribution in [1.82, 2.24) is 0 Å². The van der Waals surface area contributed by atoms with Gasteiger partial charge in [-0.1, -0.05) is 21.6 Å². The van der Waals surface area contributed by atoms with Crippen LogP contribution in [0.5, 0.6) is 0 Å². The maximum atomic E-state index is 10.3. The molecule has 0 saturated heterocycles. The molecule has 1 amide bonds. The highest BCUT2D eigenvalue weighted by atomic mass is 33.1. The first-order chi connectivity index (χ1) is 8.18. The van der Waals surface area contributed by atoms with Crippen LogP contribution >= 0.6 is 21.6 Å². The summed E-state index contributed by atoms with van der Waals surface area (Å²) in [5.41, 5.74) is 14.5. The maximum Gasteiger partial charge on any atom is 0.402 e. The lowest BCUT2D eigenvalue weighted by Gasteiger charge is -2.07. The molecule has 9 nitrogen and oxygen atoms in total. The first-order valence-corrected chi connectivity index (χ1v) is 6.86. The van der Waals surface area contributed by atoms with Gasteiger partial charge in [0.1, 0.15) is 12.1 Å². The van der Waals surface area contributed by atoms with Crippen molar-refractivity contribution in [2.24, 2.45) is 17.2 Å². The van der Waals surface area contributed by atoms with Gasteiger partial charge < -0.3 is 32.5 Å². The van der Waals surface area contributed by atoms with Gasteiger partial charge >= 0.3 is 18.0 Å². The molecule has 0 fully saturated rings. The molecule has 9 N–H and O–H groups in total. The summed E-state index contributed by atoms with van der Waals surface area (Å²) < 4.78 is 0. The van der Waals surface area contributed by atoms with E-state index in [9.17, 15) is 9.59 Å². The minimum absolute atomic E-state index is 0.229. The highest BCUT2D eigenvalue weighted by Gasteiger charge is 2.14. The smallest absolute Gasteiger partial charge is 0.402 e. The number of hydrogen-bond donors (Lipinski definition) is 6. The van der Waals surface area contributed by atoms with Crippen molar-refractivity contribution in [3.8, 4) is 0 Å². The maximum absolute atomic E-state index is 10.3. The molecule has 18 heavy (non-hydrogen) atoms. The second-order valence-corrected chi connectivity index (χ2v) is 5.35. The molecule has 106 valence electrons. The normalized spacial score (nSPS) is 12.8. The highest BCUT2D eigenvalue weighted by molar-refractivity contribution is 8.76. The zero-order chi connectivity index (χ0) is 14.7. The molecule has 2 atom stereocenters. The van der Waals surface area contributed by atoms with Crippen molar-refractivity contribution in [3.05, 3.63) is 0 Å². The summed E-state index contributed by atoms with van der Waals surface area (Å²) in [6.45, 7) is 0. The van der Waals surface area contributed by atoms with E-state index in [-0.39, 0.29) is 11.5 Å². The molecule has 0 aromatic rings. The van der Waals surface area contributed by atoms with Crippen molar-refractivity contribution >= 4 is 39.6 Å². The van der Waals surface area contributed by atoms with Crippen LogP contribution in [-0.2, 0) is 9.59 Å². The van der Waals surface area contributed by atoms with E-state index >= 15 is 0 Å². The summed E-state index contributed by atoms with van der Waals surface area (Å²) >= 11 is 0. The Morgan fingerprint density at radius 3 is 1.28 bits per heavy atom. The molecular formula is C7H15N3O6S2. The van der Waals surface area contributed by atoms with Gasteiger partial charge in [0.15, 0.2) is 0 Å². The Kier molecular flexibility index (Phi) is 11.7. The molecule has 0 rings (SSSR count). The quantitative estimate of drug-likeness (QED) is 0.246. The van der Waals surface area contributed by atoms with Crippen LogP contribution in [0.15, 0.2) is 0 Å². The predicted octanol–water partition coefficient (Wildman–Crippen LogP) is -1.19. The Bertz CT molecular complexity index is 264. The van der Waals surface area contributed by atoms with E-state index in [0.29, 0.717) is 0 Å². The van der Waals surface area contributed by atoms with E-state index in [1.807, 2.05) is 0 Å². The lowest BCUT2D eigenvalue weighted by molar-refractivity contribution is -0.138. The molecule has 0 bridgehead atoms. The second kappa shape index (κ2) is 11.0. The zero-order valence-electron chi connectivity index (χ0n) is 9.18. The van der Waals surface area contributed by atoms with Crippen LogP contribution in [-0.4, -0.2) is 56.9 Å². The van der Waals surface area contributed by atoms with Crippen molar-refractivity contribution in [3.63, 3.8) is 0 Å².